The van der Waals surface area contributed by atoms with Crippen molar-refractivity contribution in [2.75, 3.05) is 18.4 Å². The van der Waals surface area contributed by atoms with Gasteiger partial charge in [-0.15, -0.1) is 0 Å². The molecule has 1 atom stereocenters. The molecule has 146 valence electrons. The maximum Gasteiger partial charge on any atom is 0.237 e. The van der Waals surface area contributed by atoms with Gasteiger partial charge >= 0.3 is 0 Å². The zero-order valence-electron chi connectivity index (χ0n) is 16.0. The molecule has 0 radical (unpaired) electrons. The molecular formula is C20H28N4O3. The van der Waals surface area contributed by atoms with Crippen molar-refractivity contribution in [2.24, 2.45) is 0 Å². The van der Waals surface area contributed by atoms with Crippen LogP contribution in [0.15, 0.2) is 24.3 Å². The van der Waals surface area contributed by atoms with Gasteiger partial charge in [-0.1, -0.05) is 12.1 Å². The van der Waals surface area contributed by atoms with Gasteiger partial charge in [0.25, 0.3) is 0 Å². The molecule has 1 saturated heterocycles. The van der Waals surface area contributed by atoms with Crippen LogP contribution in [0.25, 0.3) is 0 Å². The number of piperazine rings is 1. The van der Waals surface area contributed by atoms with Crippen LogP contribution in [0.3, 0.4) is 0 Å². The van der Waals surface area contributed by atoms with Gasteiger partial charge in [0.05, 0.1) is 18.9 Å². The Bertz CT molecular complexity index is 698. The van der Waals surface area contributed by atoms with Gasteiger partial charge < -0.3 is 16.0 Å². The number of hydrogen-bond donors (Lipinski definition) is 3. The van der Waals surface area contributed by atoms with Gasteiger partial charge in [-0.3, -0.25) is 19.3 Å². The predicted molar refractivity (Wildman–Crippen MR) is 103 cm³/mol. The van der Waals surface area contributed by atoms with E-state index in [2.05, 4.69) is 20.9 Å². The molecule has 0 aromatic heterocycles. The second kappa shape index (κ2) is 8.52. The maximum absolute atomic E-state index is 12.4. The fourth-order valence-electron chi connectivity index (χ4n) is 3.35. The standard InChI is InChI=1S/C20H28N4O3/c1-13(2)24-10-9-21-20(27)17(24)12-19(26)23-15-5-3-14(4-6-15)11-18(25)22-16-7-8-16/h3-6,13,16-17H,7-12H2,1-2H3,(H,21,27)(H,22,25)(H,23,26). The molecule has 0 bridgehead atoms. The van der Waals surface area contributed by atoms with Crippen LogP contribution >= 0.6 is 0 Å². The molecule has 1 unspecified atom stereocenters. The highest BCUT2D eigenvalue weighted by Gasteiger charge is 2.32. The number of nitrogens with one attached hydrogen (secondary N) is 3. The molecule has 7 nitrogen and oxygen atoms in total. The van der Waals surface area contributed by atoms with E-state index in [4.69, 9.17) is 0 Å². The molecule has 1 aliphatic carbocycles. The van der Waals surface area contributed by atoms with E-state index in [0.717, 1.165) is 24.9 Å². The van der Waals surface area contributed by atoms with Gasteiger partial charge in [0.1, 0.15) is 0 Å². The fourth-order valence-corrected chi connectivity index (χ4v) is 3.35. The van der Waals surface area contributed by atoms with E-state index in [0.29, 0.717) is 24.7 Å². The molecule has 1 aliphatic heterocycles. The summed E-state index contributed by atoms with van der Waals surface area (Å²) < 4.78 is 0. The summed E-state index contributed by atoms with van der Waals surface area (Å²) in [5.41, 5.74) is 1.57. The van der Waals surface area contributed by atoms with Crippen molar-refractivity contribution < 1.29 is 14.4 Å². The molecule has 1 heterocycles. The number of hydrogen-bond acceptors (Lipinski definition) is 4. The molecule has 2 aliphatic rings. The van der Waals surface area contributed by atoms with E-state index in [1.54, 1.807) is 12.1 Å². The van der Waals surface area contributed by atoms with E-state index in [-0.39, 0.29) is 30.2 Å². The quantitative estimate of drug-likeness (QED) is 0.667. The molecule has 3 rings (SSSR count). The summed E-state index contributed by atoms with van der Waals surface area (Å²) in [7, 11) is 0. The van der Waals surface area contributed by atoms with Crippen LogP contribution in [0.1, 0.15) is 38.7 Å². The number of carbonyl (C=O) groups excluding carboxylic acids is 3. The molecule has 3 amide bonds. The Labute approximate surface area is 159 Å². The normalized spacial score (nSPS) is 20.3. The lowest BCUT2D eigenvalue weighted by Crippen LogP contribution is -2.58. The van der Waals surface area contributed by atoms with Crippen molar-refractivity contribution in [3.63, 3.8) is 0 Å². The molecular weight excluding hydrogens is 344 g/mol. The van der Waals surface area contributed by atoms with E-state index in [1.165, 1.54) is 0 Å². The van der Waals surface area contributed by atoms with Crippen molar-refractivity contribution in [1.82, 2.24) is 15.5 Å². The summed E-state index contributed by atoms with van der Waals surface area (Å²) in [6.07, 6.45) is 2.61. The number of benzene rings is 1. The van der Waals surface area contributed by atoms with Crippen molar-refractivity contribution >= 4 is 23.4 Å². The lowest BCUT2D eigenvalue weighted by molar-refractivity contribution is -0.133. The van der Waals surface area contributed by atoms with Crippen LogP contribution in [-0.4, -0.2) is 53.8 Å². The zero-order chi connectivity index (χ0) is 19.4. The van der Waals surface area contributed by atoms with Crippen LogP contribution < -0.4 is 16.0 Å². The summed E-state index contributed by atoms with van der Waals surface area (Å²) in [6.45, 7) is 5.42. The van der Waals surface area contributed by atoms with E-state index in [9.17, 15) is 14.4 Å². The Morgan fingerprint density at radius 1 is 1.19 bits per heavy atom. The Kier molecular flexibility index (Phi) is 6.11. The molecule has 3 N–H and O–H groups in total. The van der Waals surface area contributed by atoms with Gasteiger partial charge in [-0.2, -0.15) is 0 Å². The van der Waals surface area contributed by atoms with Crippen molar-refractivity contribution in [1.29, 1.82) is 0 Å². The van der Waals surface area contributed by atoms with Crippen molar-refractivity contribution in [2.45, 2.75) is 57.7 Å². The first-order chi connectivity index (χ1) is 12.9. The van der Waals surface area contributed by atoms with E-state index in [1.807, 2.05) is 26.0 Å². The molecule has 0 spiro atoms. The minimum atomic E-state index is -0.441. The third-order valence-corrected chi connectivity index (χ3v) is 4.96. The van der Waals surface area contributed by atoms with Crippen LogP contribution in [0.5, 0.6) is 0 Å². The Morgan fingerprint density at radius 3 is 2.52 bits per heavy atom. The highest BCUT2D eigenvalue weighted by atomic mass is 16.2. The highest BCUT2D eigenvalue weighted by Crippen LogP contribution is 2.19. The number of rotatable bonds is 7. The van der Waals surface area contributed by atoms with Gasteiger partial charge in [0, 0.05) is 30.9 Å². The molecule has 1 aromatic carbocycles. The van der Waals surface area contributed by atoms with Gasteiger partial charge in [-0.25, -0.2) is 0 Å². The summed E-state index contributed by atoms with van der Waals surface area (Å²) in [4.78, 5) is 38.5. The van der Waals surface area contributed by atoms with Crippen molar-refractivity contribution in [3.8, 4) is 0 Å². The maximum atomic E-state index is 12.4. The molecule has 1 saturated carbocycles. The van der Waals surface area contributed by atoms with Gasteiger partial charge in [0.15, 0.2) is 0 Å². The number of nitrogens with zero attached hydrogens (tertiary/aromatic N) is 1. The average molecular weight is 372 g/mol. The second-order valence-electron chi connectivity index (χ2n) is 7.61. The first kappa shape index (κ1) is 19.4. The monoisotopic (exact) mass is 372 g/mol. The fraction of sp³-hybridized carbons (Fsp3) is 0.550. The summed E-state index contributed by atoms with van der Waals surface area (Å²) in [5, 5.41) is 8.64. The molecule has 7 heteroatoms. The minimum Gasteiger partial charge on any atom is -0.353 e. The van der Waals surface area contributed by atoms with Crippen molar-refractivity contribution in [3.05, 3.63) is 29.8 Å². The summed E-state index contributed by atoms with van der Waals surface area (Å²) in [6, 6.07) is 7.39. The lowest BCUT2D eigenvalue weighted by Gasteiger charge is -2.37. The van der Waals surface area contributed by atoms with E-state index < -0.39 is 6.04 Å². The second-order valence-corrected chi connectivity index (χ2v) is 7.61. The third-order valence-electron chi connectivity index (χ3n) is 4.96. The van der Waals surface area contributed by atoms with E-state index >= 15 is 0 Å². The highest BCUT2D eigenvalue weighted by molar-refractivity contribution is 5.95. The smallest absolute Gasteiger partial charge is 0.237 e. The zero-order valence-corrected chi connectivity index (χ0v) is 16.0. The van der Waals surface area contributed by atoms with Crippen LogP contribution in [0, 0.1) is 0 Å². The van der Waals surface area contributed by atoms with Crippen LogP contribution in [-0.2, 0) is 20.8 Å². The van der Waals surface area contributed by atoms with Crippen LogP contribution in [0.4, 0.5) is 5.69 Å². The SMILES string of the molecule is CC(C)N1CCNC(=O)C1CC(=O)Nc1ccc(CC(=O)NC2CC2)cc1. The number of carbonyl (C=O) groups is 3. The predicted octanol–water partition coefficient (Wildman–Crippen LogP) is 1.05. The summed E-state index contributed by atoms with van der Waals surface area (Å²) >= 11 is 0. The third kappa shape index (κ3) is 5.53. The number of anilines is 1. The summed E-state index contributed by atoms with van der Waals surface area (Å²) in [5.74, 6) is -0.254. The topological polar surface area (TPSA) is 90.5 Å². The van der Waals surface area contributed by atoms with Gasteiger partial charge in [-0.05, 0) is 44.4 Å². The van der Waals surface area contributed by atoms with Crippen LogP contribution in [0.2, 0.25) is 0 Å². The first-order valence-electron chi connectivity index (χ1n) is 9.64. The molecule has 1 aromatic rings. The minimum absolute atomic E-state index is 0.0337. The Hall–Kier alpha value is -2.41. The molecule has 27 heavy (non-hydrogen) atoms. The average Bonchev–Trinajstić information content (AvgIpc) is 3.42. The first-order valence-corrected chi connectivity index (χ1v) is 9.64. The number of amides is 3. The lowest BCUT2D eigenvalue weighted by atomic mass is 10.1. The van der Waals surface area contributed by atoms with Gasteiger partial charge in [0.2, 0.25) is 17.7 Å². The largest absolute Gasteiger partial charge is 0.353 e. The molecule has 2 fully saturated rings. The Morgan fingerprint density at radius 2 is 1.89 bits per heavy atom. The Balaban J connectivity index is 1.52.